The lowest BCUT2D eigenvalue weighted by atomic mass is 9.80. The van der Waals surface area contributed by atoms with Crippen LogP contribution in [-0.2, 0) is 14.4 Å². The van der Waals surface area contributed by atoms with Gasteiger partial charge in [-0.05, 0) is 6.07 Å². The summed E-state index contributed by atoms with van der Waals surface area (Å²) < 4.78 is 6.34. The molecule has 1 saturated heterocycles. The van der Waals surface area contributed by atoms with Gasteiger partial charge in [-0.3, -0.25) is 14.4 Å². The van der Waals surface area contributed by atoms with E-state index in [-0.39, 0.29) is 35.9 Å². The van der Waals surface area contributed by atoms with Gasteiger partial charge < -0.3 is 20.3 Å². The standard InChI is InChI=1S/C19H25N3O4/c1-13(23)20-12-18(25)21-16-11-19(7-9-22(10-8-19)14(2)24)26-17-6-4-3-5-15(16)17/h3-6,16H,7-12H2,1-2H3,(H,20,23)(H,21,25). The van der Waals surface area contributed by atoms with Crippen LogP contribution in [0.1, 0.15) is 44.7 Å². The minimum atomic E-state index is -0.383. The van der Waals surface area contributed by atoms with E-state index in [2.05, 4.69) is 10.6 Å². The Morgan fingerprint density at radius 2 is 1.88 bits per heavy atom. The molecule has 7 heteroatoms. The third-order valence-electron chi connectivity index (χ3n) is 5.15. The van der Waals surface area contributed by atoms with Crippen molar-refractivity contribution in [3.63, 3.8) is 0 Å². The molecule has 1 aromatic rings. The number of nitrogens with one attached hydrogen (secondary N) is 2. The molecule has 1 atom stereocenters. The second-order valence-corrected chi connectivity index (χ2v) is 7.06. The van der Waals surface area contributed by atoms with E-state index in [1.165, 1.54) is 6.92 Å². The van der Waals surface area contributed by atoms with Crippen LogP contribution < -0.4 is 15.4 Å². The van der Waals surface area contributed by atoms with Gasteiger partial charge in [0, 0.05) is 51.8 Å². The minimum absolute atomic E-state index is 0.0417. The largest absolute Gasteiger partial charge is 0.487 e. The fraction of sp³-hybridized carbons (Fsp3) is 0.526. The van der Waals surface area contributed by atoms with Crippen molar-refractivity contribution in [1.82, 2.24) is 15.5 Å². The Morgan fingerprint density at radius 1 is 1.19 bits per heavy atom. The highest BCUT2D eigenvalue weighted by molar-refractivity contribution is 5.84. The van der Waals surface area contributed by atoms with Gasteiger partial charge in [-0.25, -0.2) is 0 Å². The second kappa shape index (κ2) is 7.35. The van der Waals surface area contributed by atoms with Crippen LogP contribution in [0.15, 0.2) is 24.3 Å². The smallest absolute Gasteiger partial charge is 0.239 e. The summed E-state index contributed by atoms with van der Waals surface area (Å²) in [6, 6.07) is 7.53. The molecule has 7 nitrogen and oxygen atoms in total. The number of piperidine rings is 1. The van der Waals surface area contributed by atoms with E-state index < -0.39 is 0 Å². The van der Waals surface area contributed by atoms with Gasteiger partial charge in [-0.15, -0.1) is 0 Å². The monoisotopic (exact) mass is 359 g/mol. The van der Waals surface area contributed by atoms with Crippen molar-refractivity contribution < 1.29 is 19.1 Å². The van der Waals surface area contributed by atoms with E-state index in [1.54, 1.807) is 6.92 Å². The van der Waals surface area contributed by atoms with Gasteiger partial charge in [0.25, 0.3) is 0 Å². The van der Waals surface area contributed by atoms with Crippen LogP contribution in [0.25, 0.3) is 0 Å². The van der Waals surface area contributed by atoms with Gasteiger partial charge in [0.2, 0.25) is 17.7 Å². The summed E-state index contributed by atoms with van der Waals surface area (Å²) in [6.45, 7) is 4.24. The Morgan fingerprint density at radius 3 is 2.54 bits per heavy atom. The third-order valence-corrected chi connectivity index (χ3v) is 5.15. The van der Waals surface area contributed by atoms with E-state index in [0.29, 0.717) is 19.5 Å². The molecule has 0 bridgehead atoms. The van der Waals surface area contributed by atoms with E-state index in [4.69, 9.17) is 4.74 Å². The highest BCUT2D eigenvalue weighted by Crippen LogP contribution is 2.44. The van der Waals surface area contributed by atoms with Gasteiger partial charge in [-0.1, -0.05) is 18.2 Å². The van der Waals surface area contributed by atoms with Crippen LogP contribution in [-0.4, -0.2) is 47.9 Å². The number of benzene rings is 1. The normalized spacial score (nSPS) is 20.7. The third kappa shape index (κ3) is 3.98. The molecule has 1 fully saturated rings. The minimum Gasteiger partial charge on any atom is -0.487 e. The molecule has 3 rings (SSSR count). The Labute approximate surface area is 153 Å². The van der Waals surface area contributed by atoms with Crippen LogP contribution in [0.2, 0.25) is 0 Å². The molecule has 1 spiro atoms. The van der Waals surface area contributed by atoms with E-state index in [9.17, 15) is 14.4 Å². The Balaban J connectivity index is 1.75. The average Bonchev–Trinajstić information content (AvgIpc) is 2.60. The summed E-state index contributed by atoms with van der Waals surface area (Å²) in [5.41, 5.74) is 0.565. The van der Waals surface area contributed by atoms with Crippen LogP contribution in [0.3, 0.4) is 0 Å². The molecular weight excluding hydrogens is 334 g/mol. The van der Waals surface area contributed by atoms with Crippen molar-refractivity contribution in [2.75, 3.05) is 19.6 Å². The number of fused-ring (bicyclic) bond motifs is 1. The lowest BCUT2D eigenvalue weighted by Gasteiger charge is -2.46. The maximum Gasteiger partial charge on any atom is 0.239 e. The molecule has 1 unspecified atom stereocenters. The summed E-state index contributed by atoms with van der Waals surface area (Å²) in [5.74, 6) is 0.398. The van der Waals surface area contributed by atoms with Gasteiger partial charge in [0.05, 0.1) is 12.6 Å². The van der Waals surface area contributed by atoms with Crippen LogP contribution >= 0.6 is 0 Å². The summed E-state index contributed by atoms with van der Waals surface area (Å²) in [6.07, 6.45) is 2.12. The number of amides is 3. The molecule has 2 heterocycles. The van der Waals surface area contributed by atoms with Gasteiger partial charge in [0.1, 0.15) is 11.4 Å². The highest BCUT2D eigenvalue weighted by Gasteiger charge is 2.44. The first kappa shape index (κ1) is 18.2. The second-order valence-electron chi connectivity index (χ2n) is 7.06. The number of carbonyl (C=O) groups is 3. The fourth-order valence-corrected chi connectivity index (χ4v) is 3.73. The van der Waals surface area contributed by atoms with E-state index in [0.717, 1.165) is 24.2 Å². The van der Waals surface area contributed by atoms with Crippen molar-refractivity contribution in [2.45, 2.75) is 44.8 Å². The van der Waals surface area contributed by atoms with Crippen molar-refractivity contribution >= 4 is 17.7 Å². The molecule has 2 aliphatic heterocycles. The fourth-order valence-electron chi connectivity index (χ4n) is 3.73. The SMILES string of the molecule is CC(=O)NCC(=O)NC1CC2(CCN(C(C)=O)CC2)Oc2ccccc21. The topological polar surface area (TPSA) is 87.7 Å². The number of hydrogen-bond donors (Lipinski definition) is 2. The molecule has 3 amide bonds. The number of hydrogen-bond acceptors (Lipinski definition) is 4. The first-order valence-corrected chi connectivity index (χ1v) is 8.96. The van der Waals surface area contributed by atoms with E-state index in [1.807, 2.05) is 29.2 Å². The zero-order valence-corrected chi connectivity index (χ0v) is 15.2. The van der Waals surface area contributed by atoms with Crippen molar-refractivity contribution in [1.29, 1.82) is 0 Å². The highest BCUT2D eigenvalue weighted by atomic mass is 16.5. The number of ether oxygens (including phenoxy) is 1. The molecule has 0 radical (unpaired) electrons. The Kier molecular flexibility index (Phi) is 5.15. The summed E-state index contributed by atoms with van der Waals surface area (Å²) in [7, 11) is 0. The molecule has 140 valence electrons. The van der Waals surface area contributed by atoms with Crippen LogP contribution in [0.5, 0.6) is 5.75 Å². The number of para-hydroxylation sites is 1. The Bertz CT molecular complexity index is 710. The molecule has 0 aromatic heterocycles. The van der Waals surface area contributed by atoms with Crippen LogP contribution in [0.4, 0.5) is 0 Å². The quantitative estimate of drug-likeness (QED) is 0.847. The number of carbonyl (C=O) groups excluding carboxylic acids is 3. The maximum atomic E-state index is 12.2. The Hall–Kier alpha value is -2.57. The number of likely N-dealkylation sites (tertiary alicyclic amines) is 1. The molecule has 2 N–H and O–H groups in total. The molecule has 26 heavy (non-hydrogen) atoms. The average molecular weight is 359 g/mol. The first-order valence-electron chi connectivity index (χ1n) is 8.96. The van der Waals surface area contributed by atoms with Crippen molar-refractivity contribution in [3.8, 4) is 5.75 Å². The summed E-state index contributed by atoms with van der Waals surface area (Å²) >= 11 is 0. The lowest BCUT2D eigenvalue weighted by Crippen LogP contribution is -2.53. The zero-order chi connectivity index (χ0) is 18.7. The molecular formula is C19H25N3O4. The van der Waals surface area contributed by atoms with Crippen LogP contribution in [0, 0.1) is 0 Å². The summed E-state index contributed by atoms with van der Waals surface area (Å²) in [4.78, 5) is 36.7. The van der Waals surface area contributed by atoms with Gasteiger partial charge in [-0.2, -0.15) is 0 Å². The predicted octanol–water partition coefficient (Wildman–Crippen LogP) is 1.14. The van der Waals surface area contributed by atoms with Gasteiger partial charge >= 0.3 is 0 Å². The molecule has 1 aromatic carbocycles. The first-order chi connectivity index (χ1) is 12.4. The molecule has 2 aliphatic rings. The number of rotatable bonds is 3. The van der Waals surface area contributed by atoms with Gasteiger partial charge in [0.15, 0.2) is 0 Å². The zero-order valence-electron chi connectivity index (χ0n) is 15.2. The number of nitrogens with zero attached hydrogens (tertiary/aromatic N) is 1. The summed E-state index contributed by atoms with van der Waals surface area (Å²) in [5, 5.41) is 5.54. The molecule has 0 saturated carbocycles. The lowest BCUT2D eigenvalue weighted by molar-refractivity contribution is -0.133. The van der Waals surface area contributed by atoms with E-state index >= 15 is 0 Å². The van der Waals surface area contributed by atoms with Crippen molar-refractivity contribution in [2.24, 2.45) is 0 Å². The predicted molar refractivity (Wildman–Crippen MR) is 95.5 cm³/mol. The maximum absolute atomic E-state index is 12.2. The van der Waals surface area contributed by atoms with Crippen molar-refractivity contribution in [3.05, 3.63) is 29.8 Å². The molecule has 0 aliphatic carbocycles.